The normalized spacial score (nSPS) is 12.7. The number of pyridine rings is 1. The first-order valence-electron chi connectivity index (χ1n) is 4.39. The summed E-state index contributed by atoms with van der Waals surface area (Å²) >= 11 is 1.47. The molecule has 0 aromatic carbocycles. The van der Waals surface area contributed by atoms with E-state index in [1.165, 1.54) is 11.3 Å². The summed E-state index contributed by atoms with van der Waals surface area (Å²) in [6.45, 7) is 1.88. The van der Waals surface area contributed by atoms with Gasteiger partial charge in [0.05, 0.1) is 16.5 Å². The molecule has 1 atom stereocenters. The molecule has 0 amide bonds. The highest BCUT2D eigenvalue weighted by Crippen LogP contribution is 2.28. The maximum Gasteiger partial charge on any atom is 0.126 e. The zero-order chi connectivity index (χ0) is 10.8. The maximum atomic E-state index is 11.4. The summed E-state index contributed by atoms with van der Waals surface area (Å²) in [5, 5.41) is 0.880. The molecule has 0 aliphatic carbocycles. The first kappa shape index (κ1) is 10.4. The van der Waals surface area contributed by atoms with Crippen LogP contribution in [0.1, 0.15) is 5.69 Å². The van der Waals surface area contributed by atoms with E-state index in [1.54, 1.807) is 18.6 Å². The van der Waals surface area contributed by atoms with Gasteiger partial charge >= 0.3 is 0 Å². The van der Waals surface area contributed by atoms with Gasteiger partial charge in [-0.15, -0.1) is 11.3 Å². The van der Waals surface area contributed by atoms with Crippen molar-refractivity contribution in [2.45, 2.75) is 11.1 Å². The molecule has 0 saturated heterocycles. The van der Waals surface area contributed by atoms with Crippen molar-refractivity contribution in [2.24, 2.45) is 0 Å². The van der Waals surface area contributed by atoms with Crippen molar-refractivity contribution in [1.29, 1.82) is 0 Å². The van der Waals surface area contributed by atoms with Gasteiger partial charge in [-0.3, -0.25) is 9.19 Å². The highest BCUT2D eigenvalue weighted by Gasteiger charge is 2.11. The van der Waals surface area contributed by atoms with Crippen molar-refractivity contribution in [3.05, 3.63) is 30.2 Å². The highest BCUT2D eigenvalue weighted by molar-refractivity contribution is 7.86. The number of hydrogen-bond acceptors (Lipinski definition) is 4. The van der Waals surface area contributed by atoms with Gasteiger partial charge in [0.15, 0.2) is 0 Å². The van der Waals surface area contributed by atoms with E-state index in [-0.39, 0.29) is 0 Å². The number of rotatable bonds is 2. The minimum atomic E-state index is -0.958. The number of aromatic nitrogens is 2. The Hall–Kier alpha value is -1.07. The topological polar surface area (TPSA) is 42.9 Å². The number of nitrogens with zero attached hydrogens (tertiary/aromatic N) is 2. The van der Waals surface area contributed by atoms with E-state index in [0.29, 0.717) is 0 Å². The van der Waals surface area contributed by atoms with Gasteiger partial charge in [0.2, 0.25) is 0 Å². The third-order valence-corrected chi connectivity index (χ3v) is 4.70. The molecule has 78 valence electrons. The van der Waals surface area contributed by atoms with Crippen LogP contribution in [-0.2, 0) is 10.8 Å². The predicted molar refractivity (Wildman–Crippen MR) is 62.4 cm³/mol. The van der Waals surface area contributed by atoms with Crippen molar-refractivity contribution in [3.63, 3.8) is 0 Å². The molecule has 2 aromatic heterocycles. The van der Waals surface area contributed by atoms with Crippen molar-refractivity contribution >= 4 is 22.1 Å². The smallest absolute Gasteiger partial charge is 0.126 e. The van der Waals surface area contributed by atoms with Gasteiger partial charge in [-0.1, -0.05) is 0 Å². The lowest BCUT2D eigenvalue weighted by molar-refractivity contribution is 0.687. The fraction of sp³-hybridized carbons (Fsp3) is 0.200. The van der Waals surface area contributed by atoms with Gasteiger partial charge in [0.25, 0.3) is 0 Å². The predicted octanol–water partition coefficient (Wildman–Crippen LogP) is 2.25. The van der Waals surface area contributed by atoms with Crippen LogP contribution in [-0.4, -0.2) is 20.4 Å². The van der Waals surface area contributed by atoms with Gasteiger partial charge in [0, 0.05) is 24.2 Å². The van der Waals surface area contributed by atoms with E-state index in [4.69, 9.17) is 0 Å². The molecule has 0 aliphatic heterocycles. The van der Waals surface area contributed by atoms with Crippen LogP contribution >= 0.6 is 11.3 Å². The Kier molecular flexibility index (Phi) is 2.93. The highest BCUT2D eigenvalue weighted by atomic mass is 32.2. The van der Waals surface area contributed by atoms with Crippen LogP contribution in [0.4, 0.5) is 0 Å². The van der Waals surface area contributed by atoms with Crippen molar-refractivity contribution in [3.8, 4) is 10.6 Å². The van der Waals surface area contributed by atoms with Crippen molar-refractivity contribution in [1.82, 2.24) is 9.97 Å². The zero-order valence-electron chi connectivity index (χ0n) is 8.43. The lowest BCUT2D eigenvalue weighted by Crippen LogP contribution is -1.85. The Labute approximate surface area is 94.7 Å². The second kappa shape index (κ2) is 4.20. The molecule has 0 fully saturated rings. The Morgan fingerprint density at radius 2 is 2.27 bits per heavy atom. The molecule has 1 unspecified atom stereocenters. The summed E-state index contributed by atoms with van der Waals surface area (Å²) in [6.07, 6.45) is 5.16. The van der Waals surface area contributed by atoms with Gasteiger partial charge in [-0.2, -0.15) is 0 Å². The summed E-state index contributed by atoms with van der Waals surface area (Å²) in [7, 11) is -0.958. The molecule has 0 radical (unpaired) electrons. The molecule has 0 spiro atoms. The minimum absolute atomic E-state index is 0.842. The number of thiazole rings is 1. The average Bonchev–Trinajstić information content (AvgIpc) is 2.62. The van der Waals surface area contributed by atoms with Crippen LogP contribution in [0, 0.1) is 6.92 Å². The van der Waals surface area contributed by atoms with Crippen LogP contribution in [0.5, 0.6) is 0 Å². The summed E-state index contributed by atoms with van der Waals surface area (Å²) in [4.78, 5) is 8.42. The van der Waals surface area contributed by atoms with Crippen molar-refractivity contribution < 1.29 is 4.21 Å². The van der Waals surface area contributed by atoms with Gasteiger partial charge < -0.3 is 0 Å². The summed E-state index contributed by atoms with van der Waals surface area (Å²) in [6, 6.07) is 3.82. The molecule has 2 aromatic rings. The molecule has 0 saturated carbocycles. The largest absolute Gasteiger partial charge is 0.264 e. The minimum Gasteiger partial charge on any atom is -0.264 e. The Balaban J connectivity index is 2.48. The van der Waals surface area contributed by atoms with Crippen molar-refractivity contribution in [2.75, 3.05) is 6.26 Å². The van der Waals surface area contributed by atoms with Gasteiger partial charge in [-0.25, -0.2) is 4.98 Å². The SMILES string of the molecule is Cc1nc(-c2cccnc2)sc1S(C)=O. The summed E-state index contributed by atoms with van der Waals surface area (Å²) in [5.74, 6) is 0. The Morgan fingerprint density at radius 3 is 2.80 bits per heavy atom. The van der Waals surface area contributed by atoms with Crippen LogP contribution < -0.4 is 0 Å². The monoisotopic (exact) mass is 238 g/mol. The standard InChI is InChI=1S/C10H10N2OS2/c1-7-10(15(2)13)14-9(12-7)8-4-3-5-11-6-8/h3-6H,1-2H3. The number of hydrogen-bond donors (Lipinski definition) is 0. The molecule has 3 nitrogen and oxygen atoms in total. The molecule has 2 rings (SSSR count). The summed E-state index contributed by atoms with van der Waals surface area (Å²) < 4.78 is 12.2. The molecular formula is C10H10N2OS2. The quantitative estimate of drug-likeness (QED) is 0.806. The van der Waals surface area contributed by atoms with E-state index < -0.39 is 10.8 Å². The van der Waals surface area contributed by atoms with Crippen LogP contribution in [0.15, 0.2) is 28.7 Å². The van der Waals surface area contributed by atoms with Gasteiger partial charge in [-0.05, 0) is 19.1 Å². The molecular weight excluding hydrogens is 228 g/mol. The summed E-state index contributed by atoms with van der Waals surface area (Å²) in [5.41, 5.74) is 1.82. The maximum absolute atomic E-state index is 11.4. The van der Waals surface area contributed by atoms with Crippen LogP contribution in [0.3, 0.4) is 0 Å². The molecule has 0 aliphatic rings. The second-order valence-electron chi connectivity index (χ2n) is 3.09. The van der Waals surface area contributed by atoms with Gasteiger partial charge in [0.1, 0.15) is 9.22 Å². The number of aryl methyl sites for hydroxylation is 1. The fourth-order valence-corrected chi connectivity index (χ4v) is 3.22. The second-order valence-corrected chi connectivity index (χ2v) is 5.66. The zero-order valence-corrected chi connectivity index (χ0v) is 10.1. The van der Waals surface area contributed by atoms with E-state index >= 15 is 0 Å². The molecule has 0 bridgehead atoms. The average molecular weight is 238 g/mol. The molecule has 2 heterocycles. The van der Waals surface area contributed by atoms with E-state index in [2.05, 4.69) is 9.97 Å². The van der Waals surface area contributed by atoms with Crippen LogP contribution in [0.25, 0.3) is 10.6 Å². The molecule has 5 heteroatoms. The molecule has 0 N–H and O–H groups in total. The van der Waals surface area contributed by atoms with Crippen LogP contribution in [0.2, 0.25) is 0 Å². The fourth-order valence-electron chi connectivity index (χ4n) is 1.26. The lowest BCUT2D eigenvalue weighted by Gasteiger charge is -1.91. The third-order valence-electron chi connectivity index (χ3n) is 1.92. The van der Waals surface area contributed by atoms with E-state index in [0.717, 1.165) is 20.5 Å². The molecule has 15 heavy (non-hydrogen) atoms. The van der Waals surface area contributed by atoms with E-state index in [1.807, 2.05) is 19.1 Å². The Morgan fingerprint density at radius 1 is 1.47 bits per heavy atom. The first-order chi connectivity index (χ1) is 7.18. The first-order valence-corrected chi connectivity index (χ1v) is 6.77. The third kappa shape index (κ3) is 2.13. The Bertz CT molecular complexity index is 493. The lowest BCUT2D eigenvalue weighted by atomic mass is 10.3. The van der Waals surface area contributed by atoms with E-state index in [9.17, 15) is 4.21 Å².